The van der Waals surface area contributed by atoms with Gasteiger partial charge in [-0.15, -0.1) is 0 Å². The lowest BCUT2D eigenvalue weighted by Crippen LogP contribution is -2.40. The quantitative estimate of drug-likeness (QED) is 0.710. The van der Waals surface area contributed by atoms with Crippen LogP contribution in [0.25, 0.3) is 0 Å². The molecule has 1 saturated carbocycles. The topological polar surface area (TPSA) is 12.0 Å². The van der Waals surface area contributed by atoms with Crippen molar-refractivity contribution in [3.05, 3.63) is 0 Å². The summed E-state index contributed by atoms with van der Waals surface area (Å²) in [7, 11) is 0. The molecule has 1 fully saturated rings. The van der Waals surface area contributed by atoms with Gasteiger partial charge in [-0.3, -0.25) is 0 Å². The van der Waals surface area contributed by atoms with Crippen LogP contribution in [-0.2, 0) is 0 Å². The summed E-state index contributed by atoms with van der Waals surface area (Å²) >= 11 is 0. The minimum absolute atomic E-state index is 0.818. The lowest BCUT2D eigenvalue weighted by Gasteiger charge is -2.36. The number of hydrogen-bond donors (Lipinski definition) is 1. The molecule has 1 aliphatic carbocycles. The van der Waals surface area contributed by atoms with E-state index in [4.69, 9.17) is 0 Å². The molecule has 0 saturated heterocycles. The molecule has 84 valence electrons. The van der Waals surface area contributed by atoms with Gasteiger partial charge in [-0.05, 0) is 37.6 Å². The van der Waals surface area contributed by atoms with Crippen LogP contribution >= 0.6 is 0 Å². The molecule has 1 aliphatic rings. The Hall–Kier alpha value is -0.0400. The fourth-order valence-electron chi connectivity index (χ4n) is 3.01. The van der Waals surface area contributed by atoms with Crippen molar-refractivity contribution in [3.63, 3.8) is 0 Å². The first-order valence-corrected chi connectivity index (χ1v) is 6.55. The Morgan fingerprint density at radius 2 is 1.93 bits per heavy atom. The van der Waals surface area contributed by atoms with Crippen molar-refractivity contribution in [2.24, 2.45) is 11.8 Å². The second-order valence-electron chi connectivity index (χ2n) is 4.80. The Morgan fingerprint density at radius 3 is 2.50 bits per heavy atom. The largest absolute Gasteiger partial charge is 0.314 e. The summed E-state index contributed by atoms with van der Waals surface area (Å²) in [4.78, 5) is 0. The maximum atomic E-state index is 3.65. The number of hydrogen-bond acceptors (Lipinski definition) is 1. The van der Waals surface area contributed by atoms with E-state index in [2.05, 4.69) is 26.1 Å². The van der Waals surface area contributed by atoms with E-state index in [0.717, 1.165) is 24.4 Å². The first-order valence-electron chi connectivity index (χ1n) is 6.55. The van der Waals surface area contributed by atoms with Gasteiger partial charge in [0.05, 0.1) is 0 Å². The minimum atomic E-state index is 0.818. The van der Waals surface area contributed by atoms with Crippen molar-refractivity contribution in [2.45, 2.75) is 65.3 Å². The van der Waals surface area contributed by atoms with E-state index in [1.54, 1.807) is 0 Å². The molecule has 0 bridgehead atoms. The highest BCUT2D eigenvalue weighted by atomic mass is 14.9. The van der Waals surface area contributed by atoms with Crippen LogP contribution in [0.5, 0.6) is 0 Å². The van der Waals surface area contributed by atoms with Crippen LogP contribution in [0.4, 0.5) is 0 Å². The van der Waals surface area contributed by atoms with Gasteiger partial charge in [0.1, 0.15) is 0 Å². The standard InChI is InChI=1S/C13H27N/c1-4-7-11-8-9-13(14-6-3)12(5-2)10-11/h11-14H,4-10H2,1-3H3. The van der Waals surface area contributed by atoms with Gasteiger partial charge in [-0.1, -0.05) is 40.0 Å². The Labute approximate surface area is 89.7 Å². The van der Waals surface area contributed by atoms with Gasteiger partial charge in [-0.2, -0.15) is 0 Å². The summed E-state index contributed by atoms with van der Waals surface area (Å²) in [5.74, 6) is 1.97. The Bertz CT molecular complexity index is 144. The van der Waals surface area contributed by atoms with Gasteiger partial charge < -0.3 is 5.32 Å². The third-order valence-electron chi connectivity index (χ3n) is 3.78. The highest BCUT2D eigenvalue weighted by Crippen LogP contribution is 2.33. The molecule has 0 aromatic rings. The first kappa shape index (κ1) is 12.0. The minimum Gasteiger partial charge on any atom is -0.314 e. The van der Waals surface area contributed by atoms with Crippen molar-refractivity contribution in [3.8, 4) is 0 Å². The predicted octanol–water partition coefficient (Wildman–Crippen LogP) is 3.59. The molecule has 0 radical (unpaired) electrons. The van der Waals surface area contributed by atoms with Crippen LogP contribution in [0.2, 0.25) is 0 Å². The molecule has 0 aromatic heterocycles. The summed E-state index contributed by atoms with van der Waals surface area (Å²) in [6.45, 7) is 8.03. The molecule has 14 heavy (non-hydrogen) atoms. The normalized spacial score (nSPS) is 33.2. The van der Waals surface area contributed by atoms with Gasteiger partial charge in [0.2, 0.25) is 0 Å². The molecule has 1 heteroatoms. The highest BCUT2D eigenvalue weighted by molar-refractivity contribution is 4.83. The maximum Gasteiger partial charge on any atom is 0.00953 e. The number of nitrogens with one attached hydrogen (secondary N) is 1. The van der Waals surface area contributed by atoms with Gasteiger partial charge in [0, 0.05) is 6.04 Å². The Morgan fingerprint density at radius 1 is 1.14 bits per heavy atom. The van der Waals surface area contributed by atoms with Crippen LogP contribution < -0.4 is 5.32 Å². The third kappa shape index (κ3) is 3.27. The maximum absolute atomic E-state index is 3.65. The average molecular weight is 197 g/mol. The average Bonchev–Trinajstić information content (AvgIpc) is 2.21. The van der Waals surface area contributed by atoms with Gasteiger partial charge in [-0.25, -0.2) is 0 Å². The van der Waals surface area contributed by atoms with Crippen LogP contribution in [0, 0.1) is 11.8 Å². The van der Waals surface area contributed by atoms with E-state index in [1.165, 1.54) is 38.5 Å². The highest BCUT2D eigenvalue weighted by Gasteiger charge is 2.27. The van der Waals surface area contributed by atoms with Gasteiger partial charge in [0.25, 0.3) is 0 Å². The fourth-order valence-corrected chi connectivity index (χ4v) is 3.01. The van der Waals surface area contributed by atoms with Crippen LogP contribution in [0.15, 0.2) is 0 Å². The van der Waals surface area contributed by atoms with Crippen LogP contribution in [-0.4, -0.2) is 12.6 Å². The summed E-state index contributed by atoms with van der Waals surface area (Å²) in [6, 6.07) is 0.818. The zero-order valence-electron chi connectivity index (χ0n) is 10.2. The molecule has 3 atom stereocenters. The van der Waals surface area contributed by atoms with Crippen LogP contribution in [0.1, 0.15) is 59.3 Å². The fraction of sp³-hybridized carbons (Fsp3) is 1.00. The molecule has 1 rings (SSSR count). The van der Waals surface area contributed by atoms with Crippen LogP contribution in [0.3, 0.4) is 0 Å². The van der Waals surface area contributed by atoms with E-state index in [0.29, 0.717) is 0 Å². The molecule has 1 nitrogen and oxygen atoms in total. The molecular formula is C13H27N. The zero-order chi connectivity index (χ0) is 10.4. The van der Waals surface area contributed by atoms with Gasteiger partial charge in [0.15, 0.2) is 0 Å². The van der Waals surface area contributed by atoms with Crippen molar-refractivity contribution in [2.75, 3.05) is 6.54 Å². The summed E-state index contributed by atoms with van der Waals surface area (Å²) < 4.78 is 0. The molecule has 3 unspecified atom stereocenters. The summed E-state index contributed by atoms with van der Waals surface area (Å²) in [6.07, 6.45) is 8.53. The Balaban J connectivity index is 2.37. The first-order chi connectivity index (χ1) is 6.81. The molecule has 0 aliphatic heterocycles. The lowest BCUT2D eigenvalue weighted by molar-refractivity contribution is 0.192. The van der Waals surface area contributed by atoms with E-state index >= 15 is 0 Å². The zero-order valence-corrected chi connectivity index (χ0v) is 10.2. The molecule has 0 heterocycles. The molecular weight excluding hydrogens is 170 g/mol. The van der Waals surface area contributed by atoms with E-state index < -0.39 is 0 Å². The third-order valence-corrected chi connectivity index (χ3v) is 3.78. The molecule has 0 aromatic carbocycles. The second kappa shape index (κ2) is 6.44. The van der Waals surface area contributed by atoms with Crippen molar-refractivity contribution in [1.29, 1.82) is 0 Å². The second-order valence-corrected chi connectivity index (χ2v) is 4.80. The monoisotopic (exact) mass is 197 g/mol. The predicted molar refractivity (Wildman–Crippen MR) is 63.5 cm³/mol. The van der Waals surface area contributed by atoms with Gasteiger partial charge >= 0.3 is 0 Å². The van der Waals surface area contributed by atoms with Crippen molar-refractivity contribution < 1.29 is 0 Å². The van der Waals surface area contributed by atoms with Crippen molar-refractivity contribution >= 4 is 0 Å². The molecule has 0 spiro atoms. The Kier molecular flexibility index (Phi) is 5.54. The van der Waals surface area contributed by atoms with E-state index in [-0.39, 0.29) is 0 Å². The van der Waals surface area contributed by atoms with E-state index in [9.17, 15) is 0 Å². The molecule has 1 N–H and O–H groups in total. The lowest BCUT2D eigenvalue weighted by atomic mass is 9.75. The van der Waals surface area contributed by atoms with Crippen molar-refractivity contribution in [1.82, 2.24) is 5.32 Å². The summed E-state index contributed by atoms with van der Waals surface area (Å²) in [5, 5.41) is 3.65. The summed E-state index contributed by atoms with van der Waals surface area (Å²) in [5.41, 5.74) is 0. The molecule has 0 amide bonds. The number of rotatable bonds is 5. The SMILES string of the molecule is CCCC1CCC(NCC)C(CC)C1. The van der Waals surface area contributed by atoms with E-state index in [1.807, 2.05) is 0 Å². The smallest absolute Gasteiger partial charge is 0.00953 e.